The third-order valence-corrected chi connectivity index (χ3v) is 3.93. The molecule has 22 heavy (non-hydrogen) atoms. The molecule has 4 heteroatoms. The van der Waals surface area contributed by atoms with E-state index in [1.54, 1.807) is 0 Å². The maximum atomic E-state index is 12.6. The molecule has 1 aromatic carbocycles. The van der Waals surface area contributed by atoms with Crippen LogP contribution in [0.5, 0.6) is 5.75 Å². The van der Waals surface area contributed by atoms with Crippen molar-refractivity contribution in [3.8, 4) is 17.0 Å². The minimum Gasteiger partial charge on any atom is -0.494 e. The largest absolute Gasteiger partial charge is 0.494 e. The lowest BCUT2D eigenvalue weighted by molar-refractivity contribution is 0.317. The predicted molar refractivity (Wildman–Crippen MR) is 88.1 cm³/mol. The molecule has 0 spiro atoms. The SMILES string of the molecule is CCCOc1cccc(-c2ccc(CN)c(=O)n2C2CC2)c1. The Balaban J connectivity index is 2.04. The fraction of sp³-hybridized carbons (Fsp3) is 0.389. The molecule has 0 unspecified atom stereocenters. The molecule has 0 saturated heterocycles. The number of hydrogen-bond donors (Lipinski definition) is 1. The van der Waals surface area contributed by atoms with Gasteiger partial charge >= 0.3 is 0 Å². The molecule has 0 amide bonds. The van der Waals surface area contributed by atoms with Gasteiger partial charge in [0.1, 0.15) is 5.75 Å². The van der Waals surface area contributed by atoms with Crippen LogP contribution in [-0.2, 0) is 6.54 Å². The molecule has 0 aliphatic heterocycles. The van der Waals surface area contributed by atoms with Crippen LogP contribution in [0, 0.1) is 0 Å². The second-order valence-corrected chi connectivity index (χ2v) is 5.73. The van der Waals surface area contributed by atoms with Crippen LogP contribution in [0.25, 0.3) is 11.3 Å². The van der Waals surface area contributed by atoms with Gasteiger partial charge in [0.05, 0.1) is 12.3 Å². The van der Waals surface area contributed by atoms with Crippen LogP contribution in [0.4, 0.5) is 0 Å². The molecule has 1 saturated carbocycles. The van der Waals surface area contributed by atoms with Gasteiger partial charge in [0.15, 0.2) is 0 Å². The van der Waals surface area contributed by atoms with E-state index in [9.17, 15) is 4.79 Å². The van der Waals surface area contributed by atoms with Crippen molar-refractivity contribution in [1.82, 2.24) is 4.57 Å². The Morgan fingerprint density at radius 3 is 2.77 bits per heavy atom. The average molecular weight is 298 g/mol. The van der Waals surface area contributed by atoms with Crippen molar-refractivity contribution in [3.63, 3.8) is 0 Å². The van der Waals surface area contributed by atoms with E-state index in [4.69, 9.17) is 10.5 Å². The number of nitrogens with two attached hydrogens (primary N) is 1. The van der Waals surface area contributed by atoms with Gasteiger partial charge in [-0.3, -0.25) is 4.79 Å². The topological polar surface area (TPSA) is 57.2 Å². The number of hydrogen-bond acceptors (Lipinski definition) is 3. The Labute approximate surface area is 130 Å². The summed E-state index contributed by atoms with van der Waals surface area (Å²) in [6.07, 6.45) is 3.10. The van der Waals surface area contributed by atoms with Crippen LogP contribution in [0.2, 0.25) is 0 Å². The fourth-order valence-electron chi connectivity index (χ4n) is 2.65. The summed E-state index contributed by atoms with van der Waals surface area (Å²) >= 11 is 0. The van der Waals surface area contributed by atoms with Crippen molar-refractivity contribution in [2.24, 2.45) is 5.73 Å². The van der Waals surface area contributed by atoms with Crippen molar-refractivity contribution in [2.75, 3.05) is 6.61 Å². The molecule has 0 radical (unpaired) electrons. The Kier molecular flexibility index (Phi) is 4.29. The van der Waals surface area contributed by atoms with E-state index in [0.29, 0.717) is 18.2 Å². The highest BCUT2D eigenvalue weighted by molar-refractivity contribution is 5.62. The third kappa shape index (κ3) is 2.92. The van der Waals surface area contributed by atoms with E-state index in [0.717, 1.165) is 36.3 Å². The molecule has 2 aromatic rings. The number of aromatic nitrogens is 1. The van der Waals surface area contributed by atoms with Gasteiger partial charge in [-0.15, -0.1) is 0 Å². The van der Waals surface area contributed by atoms with E-state index in [1.165, 1.54) is 0 Å². The van der Waals surface area contributed by atoms with Crippen LogP contribution < -0.4 is 16.0 Å². The first-order valence-electron chi connectivity index (χ1n) is 7.92. The maximum absolute atomic E-state index is 12.6. The number of benzene rings is 1. The van der Waals surface area contributed by atoms with Crippen molar-refractivity contribution < 1.29 is 4.74 Å². The zero-order valence-electron chi connectivity index (χ0n) is 12.9. The second-order valence-electron chi connectivity index (χ2n) is 5.73. The van der Waals surface area contributed by atoms with Crippen molar-refractivity contribution in [2.45, 2.75) is 38.8 Å². The molecule has 1 aliphatic rings. The molecular formula is C18H22N2O2. The standard InChI is InChI=1S/C18H22N2O2/c1-2-10-22-16-5-3-4-13(11-16)17-9-6-14(12-19)18(21)20(17)15-7-8-15/h3-6,9,11,15H,2,7-8,10,12,19H2,1H3. The zero-order chi connectivity index (χ0) is 15.5. The van der Waals surface area contributed by atoms with E-state index in [1.807, 2.05) is 41.0 Å². The molecular weight excluding hydrogens is 276 g/mol. The van der Waals surface area contributed by atoms with E-state index in [-0.39, 0.29) is 12.1 Å². The van der Waals surface area contributed by atoms with Gasteiger partial charge in [-0.2, -0.15) is 0 Å². The first-order valence-corrected chi connectivity index (χ1v) is 7.92. The molecule has 1 fully saturated rings. The molecule has 4 nitrogen and oxygen atoms in total. The van der Waals surface area contributed by atoms with Gasteiger partial charge in [0.2, 0.25) is 0 Å². The second kappa shape index (κ2) is 6.36. The Morgan fingerprint density at radius 1 is 1.27 bits per heavy atom. The van der Waals surface area contributed by atoms with Crippen molar-refractivity contribution >= 4 is 0 Å². The highest BCUT2D eigenvalue weighted by atomic mass is 16.5. The van der Waals surface area contributed by atoms with Crippen molar-refractivity contribution in [1.29, 1.82) is 0 Å². The Hall–Kier alpha value is -2.07. The lowest BCUT2D eigenvalue weighted by atomic mass is 10.1. The lowest BCUT2D eigenvalue weighted by Crippen LogP contribution is -2.25. The molecule has 1 heterocycles. The highest BCUT2D eigenvalue weighted by Crippen LogP contribution is 2.37. The van der Waals surface area contributed by atoms with Gasteiger partial charge in [-0.25, -0.2) is 0 Å². The predicted octanol–water partition coefficient (Wildman–Crippen LogP) is 3.10. The summed E-state index contributed by atoms with van der Waals surface area (Å²) in [5, 5.41) is 0. The summed E-state index contributed by atoms with van der Waals surface area (Å²) in [4.78, 5) is 12.6. The number of nitrogens with zero attached hydrogens (tertiary/aromatic N) is 1. The molecule has 1 aliphatic carbocycles. The fourth-order valence-corrected chi connectivity index (χ4v) is 2.65. The molecule has 2 N–H and O–H groups in total. The zero-order valence-corrected chi connectivity index (χ0v) is 12.9. The summed E-state index contributed by atoms with van der Waals surface area (Å²) in [5.41, 5.74) is 8.36. The molecule has 1 aromatic heterocycles. The number of ether oxygens (including phenoxy) is 1. The highest BCUT2D eigenvalue weighted by Gasteiger charge is 2.27. The van der Waals surface area contributed by atoms with Crippen LogP contribution in [-0.4, -0.2) is 11.2 Å². The molecule has 0 bridgehead atoms. The maximum Gasteiger partial charge on any atom is 0.255 e. The van der Waals surface area contributed by atoms with Gasteiger partial charge in [0, 0.05) is 23.7 Å². The van der Waals surface area contributed by atoms with E-state index in [2.05, 4.69) is 6.92 Å². The number of rotatable bonds is 6. The van der Waals surface area contributed by atoms with Gasteiger partial charge in [-0.1, -0.05) is 25.1 Å². The first kappa shape index (κ1) is 14.9. The van der Waals surface area contributed by atoms with Crippen LogP contribution in [0.3, 0.4) is 0 Å². The molecule has 116 valence electrons. The number of pyridine rings is 1. The van der Waals surface area contributed by atoms with Crippen LogP contribution in [0.1, 0.15) is 37.8 Å². The van der Waals surface area contributed by atoms with Crippen LogP contribution in [0.15, 0.2) is 41.2 Å². The normalized spacial score (nSPS) is 14.1. The molecule has 0 atom stereocenters. The lowest BCUT2D eigenvalue weighted by Gasteiger charge is -2.15. The minimum atomic E-state index is 0.0439. The summed E-state index contributed by atoms with van der Waals surface area (Å²) in [5.74, 6) is 0.844. The average Bonchev–Trinajstić information content (AvgIpc) is 3.37. The van der Waals surface area contributed by atoms with E-state index >= 15 is 0 Å². The Bertz CT molecular complexity index is 717. The monoisotopic (exact) mass is 298 g/mol. The van der Waals surface area contributed by atoms with Crippen molar-refractivity contribution in [3.05, 3.63) is 52.3 Å². The third-order valence-electron chi connectivity index (χ3n) is 3.93. The first-order chi connectivity index (χ1) is 10.7. The molecule has 3 rings (SSSR count). The van der Waals surface area contributed by atoms with E-state index < -0.39 is 0 Å². The summed E-state index contributed by atoms with van der Waals surface area (Å²) < 4.78 is 7.60. The van der Waals surface area contributed by atoms with Gasteiger partial charge in [-0.05, 0) is 37.5 Å². The minimum absolute atomic E-state index is 0.0439. The van der Waals surface area contributed by atoms with Gasteiger partial charge in [0.25, 0.3) is 5.56 Å². The smallest absolute Gasteiger partial charge is 0.255 e. The quantitative estimate of drug-likeness (QED) is 0.891. The Morgan fingerprint density at radius 2 is 2.09 bits per heavy atom. The van der Waals surface area contributed by atoms with Gasteiger partial charge < -0.3 is 15.0 Å². The summed E-state index contributed by atoms with van der Waals surface area (Å²) in [6.45, 7) is 3.07. The summed E-state index contributed by atoms with van der Waals surface area (Å²) in [6, 6.07) is 12.1. The van der Waals surface area contributed by atoms with Crippen LogP contribution >= 0.6 is 0 Å². The summed E-state index contributed by atoms with van der Waals surface area (Å²) in [7, 11) is 0.